The van der Waals surface area contributed by atoms with Crippen LogP contribution >= 0.6 is 0 Å². The molecule has 2 N–H and O–H groups in total. The number of hydrogen-bond donors (Lipinski definition) is 2. The van der Waals surface area contributed by atoms with Crippen molar-refractivity contribution < 1.29 is 14.7 Å². The molecule has 1 saturated carbocycles. The summed E-state index contributed by atoms with van der Waals surface area (Å²) < 4.78 is 0. The maximum Gasteiger partial charge on any atom is 0.326 e. The highest BCUT2D eigenvalue weighted by Gasteiger charge is 2.23. The van der Waals surface area contributed by atoms with Gasteiger partial charge in [0.05, 0.1) is 0 Å². The fraction of sp³-hybridized carbons (Fsp3) is 0.429. The molecule has 0 spiro atoms. The summed E-state index contributed by atoms with van der Waals surface area (Å²) in [5, 5.41) is 11.5. The molecule has 0 aliphatic heterocycles. The van der Waals surface area contributed by atoms with E-state index in [-0.39, 0.29) is 5.91 Å². The molecule has 1 aromatic carbocycles. The van der Waals surface area contributed by atoms with E-state index in [1.165, 1.54) is 25.3 Å². The smallest absolute Gasteiger partial charge is 0.326 e. The van der Waals surface area contributed by atoms with E-state index in [0.29, 0.717) is 12.3 Å². The van der Waals surface area contributed by atoms with Crippen LogP contribution in [-0.4, -0.2) is 23.0 Å². The lowest BCUT2D eigenvalue weighted by atomic mass is 10.0. The van der Waals surface area contributed by atoms with Crippen LogP contribution in [0.2, 0.25) is 0 Å². The maximum absolute atomic E-state index is 11.0. The lowest BCUT2D eigenvalue weighted by Crippen LogP contribution is -2.41. The van der Waals surface area contributed by atoms with Gasteiger partial charge in [0.25, 0.3) is 0 Å². The topological polar surface area (TPSA) is 66.4 Å². The minimum Gasteiger partial charge on any atom is -0.480 e. The van der Waals surface area contributed by atoms with Crippen LogP contribution in [0.25, 0.3) is 0 Å². The Hall–Kier alpha value is -1.84. The minimum atomic E-state index is -1.00. The predicted molar refractivity (Wildman–Crippen MR) is 67.4 cm³/mol. The van der Waals surface area contributed by atoms with Gasteiger partial charge in [-0.1, -0.05) is 24.3 Å². The first-order valence-electron chi connectivity index (χ1n) is 6.15. The Bertz CT molecular complexity index is 449. The maximum atomic E-state index is 11.0. The van der Waals surface area contributed by atoms with Crippen LogP contribution in [0, 0.1) is 0 Å². The summed E-state index contributed by atoms with van der Waals surface area (Å²) in [6.07, 6.45) is 2.83. The number of carboxylic acid groups (broad SMARTS) is 1. The molecule has 0 radical (unpaired) electrons. The molecule has 18 heavy (non-hydrogen) atoms. The first kappa shape index (κ1) is 12.6. The summed E-state index contributed by atoms with van der Waals surface area (Å²) in [4.78, 5) is 21.9. The van der Waals surface area contributed by atoms with Crippen LogP contribution in [0.3, 0.4) is 0 Å². The Morgan fingerprint density at radius 1 is 1.33 bits per heavy atom. The molecule has 1 amide bonds. The number of nitrogens with one attached hydrogen (secondary N) is 1. The van der Waals surface area contributed by atoms with Gasteiger partial charge in [0.15, 0.2) is 0 Å². The lowest BCUT2D eigenvalue weighted by Gasteiger charge is -2.13. The molecule has 96 valence electrons. The van der Waals surface area contributed by atoms with Gasteiger partial charge in [0, 0.05) is 13.3 Å². The van der Waals surface area contributed by atoms with Gasteiger partial charge in [-0.3, -0.25) is 4.79 Å². The highest BCUT2D eigenvalue weighted by Crippen LogP contribution is 2.39. The Kier molecular flexibility index (Phi) is 3.65. The third-order valence-corrected chi connectivity index (χ3v) is 3.14. The van der Waals surface area contributed by atoms with Gasteiger partial charge in [-0.05, 0) is 29.9 Å². The summed E-state index contributed by atoms with van der Waals surface area (Å²) in [6, 6.07) is 7.16. The molecular formula is C14H17NO3. The molecule has 1 aliphatic carbocycles. The number of aliphatic carboxylic acids is 1. The first-order chi connectivity index (χ1) is 8.56. The number of carbonyl (C=O) groups is 2. The zero-order valence-corrected chi connectivity index (χ0v) is 10.3. The number of rotatable bonds is 5. The Morgan fingerprint density at radius 2 is 1.94 bits per heavy atom. The van der Waals surface area contributed by atoms with E-state index in [2.05, 4.69) is 17.4 Å². The monoisotopic (exact) mass is 247 g/mol. The molecule has 1 aromatic rings. The number of amides is 1. The van der Waals surface area contributed by atoms with E-state index < -0.39 is 12.0 Å². The van der Waals surface area contributed by atoms with Crippen LogP contribution in [0.5, 0.6) is 0 Å². The van der Waals surface area contributed by atoms with Crippen molar-refractivity contribution in [2.75, 3.05) is 0 Å². The zero-order chi connectivity index (χ0) is 13.1. The van der Waals surface area contributed by atoms with Crippen molar-refractivity contribution in [1.82, 2.24) is 5.32 Å². The van der Waals surface area contributed by atoms with Crippen molar-refractivity contribution >= 4 is 11.9 Å². The van der Waals surface area contributed by atoms with Gasteiger partial charge in [-0.15, -0.1) is 0 Å². The summed E-state index contributed by atoms with van der Waals surface area (Å²) in [5.74, 6) is -0.627. The standard InChI is InChI=1S/C14H17NO3/c1-9(16)15-13(14(17)18)8-10-2-4-11(5-3-10)12-6-7-12/h2-5,12-13H,6-8H2,1H3,(H,15,16)(H,17,18). The molecule has 1 atom stereocenters. The van der Waals surface area contributed by atoms with Crippen molar-refractivity contribution in [1.29, 1.82) is 0 Å². The second-order valence-electron chi connectivity index (χ2n) is 4.81. The quantitative estimate of drug-likeness (QED) is 0.832. The van der Waals surface area contributed by atoms with Gasteiger partial charge >= 0.3 is 5.97 Å². The van der Waals surface area contributed by atoms with Gasteiger partial charge in [0.2, 0.25) is 5.91 Å². The molecule has 1 fully saturated rings. The molecular weight excluding hydrogens is 230 g/mol. The zero-order valence-electron chi connectivity index (χ0n) is 10.3. The predicted octanol–water partition coefficient (Wildman–Crippen LogP) is 1.70. The summed E-state index contributed by atoms with van der Waals surface area (Å²) in [6.45, 7) is 1.33. The highest BCUT2D eigenvalue weighted by atomic mass is 16.4. The molecule has 4 nitrogen and oxygen atoms in total. The van der Waals surface area contributed by atoms with Gasteiger partial charge < -0.3 is 10.4 Å². The molecule has 0 heterocycles. The highest BCUT2D eigenvalue weighted by molar-refractivity contribution is 5.82. The lowest BCUT2D eigenvalue weighted by molar-refractivity contribution is -0.141. The van der Waals surface area contributed by atoms with Crippen LogP contribution in [0.4, 0.5) is 0 Å². The van der Waals surface area contributed by atoms with Crippen molar-refractivity contribution in [2.24, 2.45) is 0 Å². The van der Waals surface area contributed by atoms with Gasteiger partial charge in [0.1, 0.15) is 6.04 Å². The van der Waals surface area contributed by atoms with Crippen molar-refractivity contribution in [3.63, 3.8) is 0 Å². The van der Waals surface area contributed by atoms with Crippen LogP contribution in [0.15, 0.2) is 24.3 Å². The van der Waals surface area contributed by atoms with E-state index in [1.807, 2.05) is 12.1 Å². The Morgan fingerprint density at radius 3 is 2.39 bits per heavy atom. The summed E-state index contributed by atoms with van der Waals surface area (Å²) in [7, 11) is 0. The minimum absolute atomic E-state index is 0.319. The van der Waals surface area contributed by atoms with E-state index in [4.69, 9.17) is 5.11 Å². The van der Waals surface area contributed by atoms with E-state index in [1.54, 1.807) is 0 Å². The van der Waals surface area contributed by atoms with E-state index in [9.17, 15) is 9.59 Å². The third kappa shape index (κ3) is 3.32. The third-order valence-electron chi connectivity index (χ3n) is 3.14. The van der Waals surface area contributed by atoms with Crippen molar-refractivity contribution in [3.8, 4) is 0 Å². The number of carbonyl (C=O) groups excluding carboxylic acids is 1. The normalized spacial score (nSPS) is 16.1. The number of carboxylic acids is 1. The number of hydrogen-bond acceptors (Lipinski definition) is 2. The second kappa shape index (κ2) is 5.21. The van der Waals surface area contributed by atoms with Gasteiger partial charge in [-0.25, -0.2) is 4.79 Å². The fourth-order valence-electron chi connectivity index (χ4n) is 2.02. The fourth-order valence-corrected chi connectivity index (χ4v) is 2.02. The molecule has 0 aromatic heterocycles. The number of benzene rings is 1. The second-order valence-corrected chi connectivity index (χ2v) is 4.81. The molecule has 1 aliphatic rings. The summed E-state index contributed by atoms with van der Waals surface area (Å²) in [5.41, 5.74) is 2.26. The Balaban J connectivity index is 2.01. The molecule has 0 saturated heterocycles. The summed E-state index contributed by atoms with van der Waals surface area (Å²) >= 11 is 0. The van der Waals surface area contributed by atoms with Crippen LogP contribution in [-0.2, 0) is 16.0 Å². The van der Waals surface area contributed by atoms with Crippen molar-refractivity contribution in [3.05, 3.63) is 35.4 Å². The van der Waals surface area contributed by atoms with E-state index >= 15 is 0 Å². The van der Waals surface area contributed by atoms with Gasteiger partial charge in [-0.2, -0.15) is 0 Å². The largest absolute Gasteiger partial charge is 0.480 e. The first-order valence-corrected chi connectivity index (χ1v) is 6.15. The Labute approximate surface area is 106 Å². The molecule has 1 unspecified atom stereocenters. The molecule has 4 heteroatoms. The SMILES string of the molecule is CC(=O)NC(Cc1ccc(C2CC2)cc1)C(=O)O. The molecule has 0 bridgehead atoms. The average Bonchev–Trinajstić information content (AvgIpc) is 3.12. The molecule has 2 rings (SSSR count). The van der Waals surface area contributed by atoms with E-state index in [0.717, 1.165) is 5.56 Å². The van der Waals surface area contributed by atoms with Crippen molar-refractivity contribution in [2.45, 2.75) is 38.1 Å². The average molecular weight is 247 g/mol. The van der Waals surface area contributed by atoms with Crippen LogP contribution in [0.1, 0.15) is 36.8 Å². The van der Waals surface area contributed by atoms with Crippen LogP contribution < -0.4 is 5.32 Å².